The number of aldehydes is 1. The predicted octanol–water partition coefficient (Wildman–Crippen LogP) is 3.95. The lowest BCUT2D eigenvalue weighted by Gasteiger charge is -2.45. The fourth-order valence-electron chi connectivity index (χ4n) is 4.60. The monoisotopic (exact) mass is 413 g/mol. The van der Waals surface area contributed by atoms with Gasteiger partial charge in [0.05, 0.1) is 0 Å². The summed E-state index contributed by atoms with van der Waals surface area (Å²) in [5, 5.41) is 3.03. The van der Waals surface area contributed by atoms with Crippen molar-refractivity contribution in [3.8, 4) is 16.3 Å². The molecule has 1 aromatic heterocycles. The SMILES string of the molecule is CC(C)N1CCN(C2CC(C=O)CCC2Oc2ccc(-c3nccs3)cc2)CC1. The summed E-state index contributed by atoms with van der Waals surface area (Å²) in [5.41, 5.74) is 1.12. The Kier molecular flexibility index (Phi) is 6.63. The van der Waals surface area contributed by atoms with Crippen molar-refractivity contribution in [2.75, 3.05) is 26.2 Å². The van der Waals surface area contributed by atoms with E-state index in [1.54, 1.807) is 11.3 Å². The van der Waals surface area contributed by atoms with Crippen LogP contribution < -0.4 is 4.74 Å². The van der Waals surface area contributed by atoms with Gasteiger partial charge in [0.25, 0.3) is 0 Å². The molecular formula is C23H31N3O2S. The normalized spacial score (nSPS) is 26.5. The molecule has 2 aromatic rings. The van der Waals surface area contributed by atoms with Gasteiger partial charge in [0.1, 0.15) is 23.1 Å². The summed E-state index contributed by atoms with van der Waals surface area (Å²) in [4.78, 5) is 20.9. The molecule has 1 aromatic carbocycles. The van der Waals surface area contributed by atoms with Crippen LogP contribution >= 0.6 is 11.3 Å². The number of rotatable bonds is 6. The van der Waals surface area contributed by atoms with Crippen LogP contribution in [0.15, 0.2) is 35.8 Å². The molecule has 0 N–H and O–H groups in total. The van der Waals surface area contributed by atoms with Gasteiger partial charge in [0.2, 0.25) is 0 Å². The van der Waals surface area contributed by atoms with Gasteiger partial charge in [-0.15, -0.1) is 11.3 Å². The van der Waals surface area contributed by atoms with Crippen LogP contribution in [0, 0.1) is 5.92 Å². The Labute approximate surface area is 177 Å². The zero-order valence-corrected chi connectivity index (χ0v) is 18.2. The lowest BCUT2D eigenvalue weighted by atomic mass is 9.83. The quantitative estimate of drug-likeness (QED) is 0.671. The molecule has 3 unspecified atom stereocenters. The molecule has 6 heteroatoms. The Balaban J connectivity index is 1.43. The summed E-state index contributed by atoms with van der Waals surface area (Å²) in [6, 6.07) is 9.18. The van der Waals surface area contributed by atoms with Gasteiger partial charge in [-0.3, -0.25) is 9.80 Å². The Hall–Kier alpha value is -1.76. The van der Waals surface area contributed by atoms with Crippen molar-refractivity contribution in [1.82, 2.24) is 14.8 Å². The number of benzene rings is 1. The molecule has 2 heterocycles. The molecule has 0 amide bonds. The number of piperazine rings is 1. The lowest BCUT2D eigenvalue weighted by Crippen LogP contribution is -2.57. The number of ether oxygens (including phenoxy) is 1. The number of carbonyl (C=O) groups is 1. The van der Waals surface area contributed by atoms with Crippen LogP contribution in [0.2, 0.25) is 0 Å². The molecule has 3 atom stereocenters. The predicted molar refractivity (Wildman–Crippen MR) is 117 cm³/mol. The first-order valence-electron chi connectivity index (χ1n) is 10.7. The van der Waals surface area contributed by atoms with Crippen LogP contribution in [0.3, 0.4) is 0 Å². The van der Waals surface area contributed by atoms with E-state index in [9.17, 15) is 4.79 Å². The highest BCUT2D eigenvalue weighted by Crippen LogP contribution is 2.32. The van der Waals surface area contributed by atoms with Gasteiger partial charge < -0.3 is 9.53 Å². The summed E-state index contributed by atoms with van der Waals surface area (Å²) in [7, 11) is 0. The zero-order valence-electron chi connectivity index (χ0n) is 17.4. The lowest BCUT2D eigenvalue weighted by molar-refractivity contribution is -0.114. The maximum atomic E-state index is 11.5. The second kappa shape index (κ2) is 9.37. The molecule has 2 aliphatic rings. The van der Waals surface area contributed by atoms with Gasteiger partial charge in [-0.05, 0) is 57.4 Å². The third-order valence-corrected chi connectivity index (χ3v) is 7.18. The highest BCUT2D eigenvalue weighted by molar-refractivity contribution is 7.13. The van der Waals surface area contributed by atoms with Crippen molar-refractivity contribution in [1.29, 1.82) is 0 Å². The molecule has 5 nitrogen and oxygen atoms in total. The maximum Gasteiger partial charge on any atom is 0.123 e. The molecular weight excluding hydrogens is 382 g/mol. The smallest absolute Gasteiger partial charge is 0.123 e. The van der Waals surface area contributed by atoms with Crippen molar-refractivity contribution in [2.45, 2.75) is 51.3 Å². The molecule has 0 bridgehead atoms. The first-order chi connectivity index (χ1) is 14.1. The summed E-state index contributed by atoms with van der Waals surface area (Å²) in [6.45, 7) is 8.82. The molecule has 1 saturated heterocycles. The van der Waals surface area contributed by atoms with Crippen LogP contribution in [0.4, 0.5) is 0 Å². The fourth-order valence-corrected chi connectivity index (χ4v) is 5.24. The molecule has 0 spiro atoms. The van der Waals surface area contributed by atoms with Gasteiger partial charge >= 0.3 is 0 Å². The summed E-state index contributed by atoms with van der Waals surface area (Å²) < 4.78 is 6.47. The zero-order chi connectivity index (χ0) is 20.2. The topological polar surface area (TPSA) is 45.7 Å². The van der Waals surface area contributed by atoms with E-state index in [-0.39, 0.29) is 12.0 Å². The van der Waals surface area contributed by atoms with Gasteiger partial charge in [-0.2, -0.15) is 0 Å². The van der Waals surface area contributed by atoms with Gasteiger partial charge in [-0.1, -0.05) is 0 Å². The van der Waals surface area contributed by atoms with E-state index in [1.165, 1.54) is 0 Å². The van der Waals surface area contributed by atoms with Crippen molar-refractivity contribution in [3.05, 3.63) is 35.8 Å². The van der Waals surface area contributed by atoms with E-state index < -0.39 is 0 Å². The van der Waals surface area contributed by atoms with Gasteiger partial charge in [-0.25, -0.2) is 4.98 Å². The highest BCUT2D eigenvalue weighted by atomic mass is 32.1. The minimum atomic E-state index is 0.141. The average molecular weight is 414 g/mol. The molecule has 1 aliphatic heterocycles. The van der Waals surface area contributed by atoms with Crippen LogP contribution in [-0.4, -0.2) is 65.4 Å². The summed E-state index contributed by atoms with van der Waals surface area (Å²) in [6.07, 6.45) is 5.89. The third-order valence-electron chi connectivity index (χ3n) is 6.36. The summed E-state index contributed by atoms with van der Waals surface area (Å²) in [5.74, 6) is 1.07. The molecule has 1 saturated carbocycles. The van der Waals surface area contributed by atoms with Crippen LogP contribution in [0.5, 0.6) is 5.75 Å². The Morgan fingerprint density at radius 3 is 2.52 bits per heavy atom. The maximum absolute atomic E-state index is 11.5. The highest BCUT2D eigenvalue weighted by Gasteiger charge is 2.37. The first-order valence-corrected chi connectivity index (χ1v) is 11.6. The summed E-state index contributed by atoms with van der Waals surface area (Å²) >= 11 is 1.65. The second-order valence-corrected chi connectivity index (χ2v) is 9.35. The third kappa shape index (κ3) is 4.87. The number of nitrogens with zero attached hydrogens (tertiary/aromatic N) is 3. The van der Waals surface area contributed by atoms with E-state index in [0.717, 1.165) is 68.0 Å². The van der Waals surface area contributed by atoms with Crippen molar-refractivity contribution >= 4 is 17.6 Å². The van der Waals surface area contributed by atoms with Crippen molar-refractivity contribution in [2.24, 2.45) is 5.92 Å². The number of thiazole rings is 1. The number of hydrogen-bond acceptors (Lipinski definition) is 6. The number of hydrogen-bond donors (Lipinski definition) is 0. The van der Waals surface area contributed by atoms with E-state index in [4.69, 9.17) is 4.74 Å². The van der Waals surface area contributed by atoms with Crippen LogP contribution in [0.25, 0.3) is 10.6 Å². The largest absolute Gasteiger partial charge is 0.489 e. The van der Waals surface area contributed by atoms with Crippen molar-refractivity contribution < 1.29 is 9.53 Å². The van der Waals surface area contributed by atoms with Crippen molar-refractivity contribution in [3.63, 3.8) is 0 Å². The van der Waals surface area contributed by atoms with Gasteiger partial charge in [0, 0.05) is 61.3 Å². The fraction of sp³-hybridized carbons (Fsp3) is 0.565. The minimum absolute atomic E-state index is 0.141. The molecule has 29 heavy (non-hydrogen) atoms. The number of aromatic nitrogens is 1. The van der Waals surface area contributed by atoms with E-state index in [1.807, 2.05) is 11.6 Å². The molecule has 0 radical (unpaired) electrons. The van der Waals surface area contributed by atoms with E-state index in [0.29, 0.717) is 12.1 Å². The standard InChI is InChI=1S/C23H31N3O2S/c1-17(2)25-10-12-26(13-11-25)21-15-18(16-27)3-8-22(21)28-20-6-4-19(5-7-20)23-24-9-14-29-23/h4-7,9,14,16-18,21-22H,3,8,10-13,15H2,1-2H3. The Morgan fingerprint density at radius 1 is 1.14 bits per heavy atom. The minimum Gasteiger partial charge on any atom is -0.489 e. The van der Waals surface area contributed by atoms with Crippen LogP contribution in [-0.2, 0) is 4.79 Å². The van der Waals surface area contributed by atoms with E-state index >= 15 is 0 Å². The average Bonchev–Trinajstić information content (AvgIpc) is 3.29. The van der Waals surface area contributed by atoms with Gasteiger partial charge in [0.15, 0.2) is 0 Å². The second-order valence-electron chi connectivity index (χ2n) is 8.46. The first kappa shape index (κ1) is 20.5. The molecule has 1 aliphatic carbocycles. The molecule has 4 rings (SSSR count). The van der Waals surface area contributed by atoms with Crippen LogP contribution in [0.1, 0.15) is 33.1 Å². The molecule has 2 fully saturated rings. The van der Waals surface area contributed by atoms with E-state index in [2.05, 4.69) is 52.9 Å². The Morgan fingerprint density at radius 2 is 1.90 bits per heavy atom. The molecule has 156 valence electrons. The Bertz CT molecular complexity index is 770. The number of carbonyl (C=O) groups excluding carboxylic acids is 1.